The number of piperidine rings is 1. The lowest BCUT2D eigenvalue weighted by Crippen LogP contribution is -2.46. The predicted octanol–water partition coefficient (Wildman–Crippen LogP) is 1.18. The molecule has 1 aromatic carbocycles. The molecular weight excluding hydrogens is 290 g/mol. The summed E-state index contributed by atoms with van der Waals surface area (Å²) in [4.78, 5) is 11.2. The highest BCUT2D eigenvalue weighted by atomic mass is 32.2. The van der Waals surface area contributed by atoms with Crippen molar-refractivity contribution in [3.63, 3.8) is 0 Å². The molecule has 6 nitrogen and oxygen atoms in total. The molecule has 1 heterocycles. The number of sulfonamides is 1. The number of carbonyl (C=O) groups excluding carboxylic acids is 1. The van der Waals surface area contributed by atoms with E-state index in [0.29, 0.717) is 12.5 Å². The van der Waals surface area contributed by atoms with Crippen LogP contribution in [0.2, 0.25) is 0 Å². The van der Waals surface area contributed by atoms with Crippen LogP contribution >= 0.6 is 0 Å². The number of nitrogens with zero attached hydrogens (tertiary/aromatic N) is 1. The van der Waals surface area contributed by atoms with E-state index in [4.69, 9.17) is 11.5 Å². The summed E-state index contributed by atoms with van der Waals surface area (Å²) in [5.74, 6) is -0.328. The Hall–Kier alpha value is -1.60. The second-order valence-electron chi connectivity index (χ2n) is 5.59. The summed E-state index contributed by atoms with van der Waals surface area (Å²) in [5, 5.41) is 0. The van der Waals surface area contributed by atoms with E-state index in [1.807, 2.05) is 13.8 Å². The van der Waals surface area contributed by atoms with Crippen LogP contribution in [0.4, 0.5) is 5.69 Å². The first kappa shape index (κ1) is 15.8. The Kier molecular flexibility index (Phi) is 4.25. The summed E-state index contributed by atoms with van der Waals surface area (Å²) in [6.45, 7) is 4.45. The van der Waals surface area contributed by atoms with Crippen LogP contribution in [0.3, 0.4) is 0 Å². The SMILES string of the molecule is CC1CCCN(S(=O)(=O)c2ccc(C(N)=O)cc2N)C1C. The van der Waals surface area contributed by atoms with Crippen molar-refractivity contribution in [2.24, 2.45) is 11.7 Å². The maximum atomic E-state index is 12.8. The van der Waals surface area contributed by atoms with Gasteiger partial charge in [-0.2, -0.15) is 4.31 Å². The van der Waals surface area contributed by atoms with Crippen molar-refractivity contribution in [3.05, 3.63) is 23.8 Å². The van der Waals surface area contributed by atoms with Crippen molar-refractivity contribution in [1.82, 2.24) is 4.31 Å². The molecule has 1 fully saturated rings. The molecule has 1 aliphatic rings. The number of carbonyl (C=O) groups is 1. The summed E-state index contributed by atoms with van der Waals surface area (Å²) in [6.07, 6.45) is 1.85. The lowest BCUT2D eigenvalue weighted by molar-refractivity contribution is 0.1000. The van der Waals surface area contributed by atoms with Crippen LogP contribution in [-0.2, 0) is 10.0 Å². The Morgan fingerprint density at radius 1 is 1.33 bits per heavy atom. The van der Waals surface area contributed by atoms with Gasteiger partial charge in [-0.1, -0.05) is 6.92 Å². The summed E-state index contributed by atoms with van der Waals surface area (Å²) < 4.78 is 27.0. The fourth-order valence-electron chi connectivity index (χ4n) is 2.70. The zero-order chi connectivity index (χ0) is 15.8. The maximum absolute atomic E-state index is 12.8. The fourth-order valence-corrected chi connectivity index (χ4v) is 4.56. The van der Waals surface area contributed by atoms with Crippen LogP contribution in [-0.4, -0.2) is 31.2 Å². The normalized spacial score (nSPS) is 23.9. The van der Waals surface area contributed by atoms with Crippen molar-refractivity contribution in [1.29, 1.82) is 0 Å². The standard InChI is InChI=1S/C14H21N3O3S/c1-9-4-3-7-17(10(9)2)21(19,20)13-6-5-11(14(16)18)8-12(13)15/h5-6,8-10H,3-4,7,15H2,1-2H3,(H2,16,18). The Bertz CT molecular complexity index is 657. The lowest BCUT2D eigenvalue weighted by atomic mass is 9.94. The van der Waals surface area contributed by atoms with Gasteiger partial charge in [0, 0.05) is 18.2 Å². The molecule has 1 amide bonds. The molecule has 0 aliphatic carbocycles. The number of rotatable bonds is 3. The quantitative estimate of drug-likeness (QED) is 0.817. The van der Waals surface area contributed by atoms with E-state index in [1.165, 1.54) is 22.5 Å². The van der Waals surface area contributed by atoms with Gasteiger partial charge < -0.3 is 11.5 Å². The molecule has 7 heteroatoms. The summed E-state index contributed by atoms with van der Waals surface area (Å²) in [5.41, 5.74) is 11.2. The summed E-state index contributed by atoms with van der Waals surface area (Å²) >= 11 is 0. The number of nitrogens with two attached hydrogens (primary N) is 2. The third-order valence-electron chi connectivity index (χ3n) is 4.20. The minimum Gasteiger partial charge on any atom is -0.398 e. The number of anilines is 1. The summed E-state index contributed by atoms with van der Waals surface area (Å²) in [6, 6.07) is 3.99. The minimum atomic E-state index is -3.66. The van der Waals surface area contributed by atoms with E-state index >= 15 is 0 Å². The molecule has 21 heavy (non-hydrogen) atoms. The van der Waals surface area contributed by atoms with Crippen LogP contribution in [0, 0.1) is 5.92 Å². The van der Waals surface area contributed by atoms with Crippen molar-refractivity contribution in [3.8, 4) is 0 Å². The van der Waals surface area contributed by atoms with Crippen molar-refractivity contribution in [2.45, 2.75) is 37.6 Å². The number of nitrogen functional groups attached to an aromatic ring is 1. The lowest BCUT2D eigenvalue weighted by Gasteiger charge is -2.37. The first-order valence-corrected chi connectivity index (χ1v) is 8.40. The van der Waals surface area contributed by atoms with Crippen molar-refractivity contribution >= 4 is 21.6 Å². The number of benzene rings is 1. The smallest absolute Gasteiger partial charge is 0.248 e. The van der Waals surface area contributed by atoms with Crippen LogP contribution in [0.1, 0.15) is 37.0 Å². The molecule has 2 unspecified atom stereocenters. The molecule has 1 aromatic rings. The third-order valence-corrected chi connectivity index (χ3v) is 6.26. The highest BCUT2D eigenvalue weighted by Gasteiger charge is 2.35. The van der Waals surface area contributed by atoms with Gasteiger partial charge in [-0.05, 0) is 43.9 Å². The highest BCUT2D eigenvalue weighted by molar-refractivity contribution is 7.89. The van der Waals surface area contributed by atoms with E-state index in [2.05, 4.69) is 0 Å². The largest absolute Gasteiger partial charge is 0.398 e. The molecule has 0 bridgehead atoms. The van der Waals surface area contributed by atoms with E-state index in [-0.39, 0.29) is 22.2 Å². The van der Waals surface area contributed by atoms with Crippen molar-refractivity contribution in [2.75, 3.05) is 12.3 Å². The highest BCUT2D eigenvalue weighted by Crippen LogP contribution is 2.31. The molecule has 2 atom stereocenters. The van der Waals surface area contributed by atoms with Crippen LogP contribution in [0.5, 0.6) is 0 Å². The number of hydrogen-bond acceptors (Lipinski definition) is 4. The van der Waals surface area contributed by atoms with Gasteiger partial charge in [0.2, 0.25) is 15.9 Å². The first-order valence-electron chi connectivity index (χ1n) is 6.96. The van der Waals surface area contributed by atoms with Crippen LogP contribution in [0.25, 0.3) is 0 Å². The average molecular weight is 311 g/mol. The second-order valence-corrected chi connectivity index (χ2v) is 7.45. The Balaban J connectivity index is 2.42. The van der Waals surface area contributed by atoms with Gasteiger partial charge >= 0.3 is 0 Å². The van der Waals surface area contributed by atoms with Gasteiger partial charge in [0.15, 0.2) is 0 Å². The van der Waals surface area contributed by atoms with Gasteiger partial charge in [-0.15, -0.1) is 0 Å². The van der Waals surface area contributed by atoms with Gasteiger partial charge in [0.25, 0.3) is 0 Å². The fraction of sp³-hybridized carbons (Fsp3) is 0.500. The zero-order valence-corrected chi connectivity index (χ0v) is 13.1. The number of hydrogen-bond donors (Lipinski definition) is 2. The molecule has 4 N–H and O–H groups in total. The topological polar surface area (TPSA) is 106 Å². The molecule has 1 aliphatic heterocycles. The van der Waals surface area contributed by atoms with Crippen LogP contribution in [0.15, 0.2) is 23.1 Å². The molecule has 0 aromatic heterocycles. The van der Waals surface area contributed by atoms with Gasteiger partial charge in [-0.25, -0.2) is 8.42 Å². The van der Waals surface area contributed by atoms with E-state index in [9.17, 15) is 13.2 Å². The Morgan fingerprint density at radius 3 is 2.57 bits per heavy atom. The van der Waals surface area contributed by atoms with E-state index in [1.54, 1.807) is 0 Å². The number of amides is 1. The Labute approximate surface area is 125 Å². The monoisotopic (exact) mass is 311 g/mol. The first-order chi connectivity index (χ1) is 9.75. The molecule has 0 spiro atoms. The summed E-state index contributed by atoms with van der Waals surface area (Å²) in [7, 11) is -3.66. The maximum Gasteiger partial charge on any atom is 0.248 e. The Morgan fingerprint density at radius 2 is 2.00 bits per heavy atom. The number of primary amides is 1. The molecule has 0 saturated carbocycles. The van der Waals surface area contributed by atoms with Gasteiger partial charge in [0.05, 0.1) is 5.69 Å². The molecule has 0 radical (unpaired) electrons. The van der Waals surface area contributed by atoms with Gasteiger partial charge in [0.1, 0.15) is 4.90 Å². The molecule has 2 rings (SSSR count). The average Bonchev–Trinajstić information content (AvgIpc) is 2.41. The molecule has 1 saturated heterocycles. The zero-order valence-electron chi connectivity index (χ0n) is 12.2. The van der Waals surface area contributed by atoms with E-state index < -0.39 is 15.9 Å². The molecule has 116 valence electrons. The van der Waals surface area contributed by atoms with Gasteiger partial charge in [-0.3, -0.25) is 4.79 Å². The predicted molar refractivity (Wildman–Crippen MR) is 81.1 cm³/mol. The van der Waals surface area contributed by atoms with Crippen LogP contribution < -0.4 is 11.5 Å². The third kappa shape index (κ3) is 2.89. The molecular formula is C14H21N3O3S. The minimum absolute atomic E-state index is 0.0356. The van der Waals surface area contributed by atoms with E-state index in [0.717, 1.165) is 12.8 Å². The van der Waals surface area contributed by atoms with Crippen molar-refractivity contribution < 1.29 is 13.2 Å². The second kappa shape index (κ2) is 5.65.